The summed E-state index contributed by atoms with van der Waals surface area (Å²) in [6.07, 6.45) is 8.95. The van der Waals surface area contributed by atoms with E-state index in [0.29, 0.717) is 25.4 Å². The molecule has 4 aliphatic carbocycles. The number of nitrogens with zero attached hydrogens (tertiary/aromatic N) is 1. The second kappa shape index (κ2) is 7.93. The molecule has 7 heteroatoms. The molecule has 6 nitrogen and oxygen atoms in total. The minimum atomic E-state index is -0.0870. The number of halogens is 1. The molecule has 4 bridgehead atoms. The smallest absolute Gasteiger partial charge is 0.315 e. The van der Waals surface area contributed by atoms with E-state index in [1.54, 1.807) is 0 Å². The molecular formula is C19H33ClN4O2. The van der Waals surface area contributed by atoms with Crippen molar-refractivity contribution in [3.05, 3.63) is 0 Å². The Balaban J connectivity index is 0.00000196. The van der Waals surface area contributed by atoms with Crippen molar-refractivity contribution in [2.24, 2.45) is 29.4 Å². The van der Waals surface area contributed by atoms with Crippen LogP contribution < -0.4 is 16.4 Å². The van der Waals surface area contributed by atoms with Crippen LogP contribution in [0.1, 0.15) is 51.4 Å². The molecule has 1 heterocycles. The van der Waals surface area contributed by atoms with Gasteiger partial charge < -0.3 is 21.3 Å². The van der Waals surface area contributed by atoms with Gasteiger partial charge >= 0.3 is 6.03 Å². The van der Waals surface area contributed by atoms with Crippen molar-refractivity contribution in [3.63, 3.8) is 0 Å². The summed E-state index contributed by atoms with van der Waals surface area (Å²) in [5, 5.41) is 6.21. The molecule has 0 aromatic rings. The Kier molecular flexibility index (Phi) is 6.02. The zero-order valence-electron chi connectivity index (χ0n) is 15.5. The quantitative estimate of drug-likeness (QED) is 0.676. The maximum Gasteiger partial charge on any atom is 0.315 e. The molecule has 0 aromatic carbocycles. The lowest BCUT2D eigenvalue weighted by molar-refractivity contribution is -0.130. The van der Waals surface area contributed by atoms with E-state index < -0.39 is 0 Å². The fraction of sp³-hybridized carbons (Fsp3) is 0.895. The van der Waals surface area contributed by atoms with E-state index in [9.17, 15) is 9.59 Å². The fourth-order valence-electron chi connectivity index (χ4n) is 6.24. The van der Waals surface area contributed by atoms with E-state index in [4.69, 9.17) is 5.73 Å². The topological polar surface area (TPSA) is 87.5 Å². The summed E-state index contributed by atoms with van der Waals surface area (Å²) >= 11 is 0. The van der Waals surface area contributed by atoms with E-state index in [0.717, 1.165) is 56.5 Å². The third-order valence-electron chi connectivity index (χ3n) is 7.01. The second-order valence-electron chi connectivity index (χ2n) is 9.06. The predicted octanol–water partition coefficient (Wildman–Crippen LogP) is 1.87. The number of amides is 3. The summed E-state index contributed by atoms with van der Waals surface area (Å²) in [4.78, 5) is 26.5. The number of nitrogens with two attached hydrogens (primary N) is 1. The number of rotatable bonds is 5. The highest BCUT2D eigenvalue weighted by Gasteiger charge is 2.51. The van der Waals surface area contributed by atoms with Crippen molar-refractivity contribution in [2.45, 2.75) is 56.9 Å². The third kappa shape index (κ3) is 4.11. The van der Waals surface area contributed by atoms with Gasteiger partial charge in [0.25, 0.3) is 0 Å². The molecule has 1 unspecified atom stereocenters. The van der Waals surface area contributed by atoms with Gasteiger partial charge in [0.2, 0.25) is 5.91 Å². The van der Waals surface area contributed by atoms with Gasteiger partial charge in [0.1, 0.15) is 0 Å². The average Bonchev–Trinajstić information content (AvgIpc) is 3.02. The Morgan fingerprint density at radius 1 is 1.08 bits per heavy atom. The molecule has 0 radical (unpaired) electrons. The molecule has 0 aromatic heterocycles. The summed E-state index contributed by atoms with van der Waals surface area (Å²) in [6.45, 7) is 2.64. The van der Waals surface area contributed by atoms with Gasteiger partial charge in [-0.2, -0.15) is 0 Å². The van der Waals surface area contributed by atoms with Crippen molar-refractivity contribution in [1.82, 2.24) is 15.5 Å². The standard InChI is InChI=1S/C19H32N4O2.ClH/c20-11-13-2-4-23(12-13)17(24)1-3-21-18(25)22-19-8-14-5-15(9-19)7-16(6-14)10-19;/h13-16H,1-12,20H2,(H2,21,22,25);1H. The molecule has 1 atom stereocenters. The van der Waals surface area contributed by atoms with Gasteiger partial charge in [-0.25, -0.2) is 4.79 Å². The lowest BCUT2D eigenvalue weighted by Gasteiger charge is -2.56. The van der Waals surface area contributed by atoms with Crippen LogP contribution in [0.4, 0.5) is 4.79 Å². The molecule has 5 fully saturated rings. The summed E-state index contributed by atoms with van der Waals surface area (Å²) in [7, 11) is 0. The number of hydrogen-bond acceptors (Lipinski definition) is 3. The Morgan fingerprint density at radius 3 is 2.23 bits per heavy atom. The van der Waals surface area contributed by atoms with Gasteiger partial charge in [-0.05, 0) is 75.2 Å². The number of nitrogens with one attached hydrogen (secondary N) is 2. The number of urea groups is 1. The van der Waals surface area contributed by atoms with E-state index in [-0.39, 0.29) is 29.9 Å². The Bertz CT molecular complexity index is 506. The van der Waals surface area contributed by atoms with Gasteiger partial charge in [-0.1, -0.05) is 0 Å². The van der Waals surface area contributed by atoms with E-state index in [1.807, 2.05) is 4.90 Å². The van der Waals surface area contributed by atoms with E-state index in [1.165, 1.54) is 19.3 Å². The Hall–Kier alpha value is -1.01. The van der Waals surface area contributed by atoms with E-state index in [2.05, 4.69) is 10.6 Å². The summed E-state index contributed by atoms with van der Waals surface area (Å²) < 4.78 is 0. The molecule has 5 rings (SSSR count). The van der Waals surface area contributed by atoms with Crippen LogP contribution in [0.15, 0.2) is 0 Å². The van der Waals surface area contributed by atoms with Gasteiger partial charge in [-0.3, -0.25) is 4.79 Å². The average molecular weight is 385 g/mol. The van der Waals surface area contributed by atoms with Gasteiger partial charge in [0.05, 0.1) is 0 Å². The van der Waals surface area contributed by atoms with Crippen molar-refractivity contribution < 1.29 is 9.59 Å². The number of carbonyl (C=O) groups is 2. The summed E-state index contributed by atoms with van der Waals surface area (Å²) in [5.41, 5.74) is 5.71. The van der Waals surface area contributed by atoms with Gasteiger partial charge in [0.15, 0.2) is 0 Å². The molecule has 26 heavy (non-hydrogen) atoms. The first-order valence-electron chi connectivity index (χ1n) is 10.1. The Morgan fingerprint density at radius 2 is 1.69 bits per heavy atom. The molecule has 1 saturated heterocycles. The van der Waals surface area contributed by atoms with Crippen LogP contribution in [-0.2, 0) is 4.79 Å². The first kappa shape index (κ1) is 19.7. The highest BCUT2D eigenvalue weighted by molar-refractivity contribution is 5.85. The van der Waals surface area contributed by atoms with Crippen LogP contribution in [0.3, 0.4) is 0 Å². The zero-order chi connectivity index (χ0) is 17.4. The third-order valence-corrected chi connectivity index (χ3v) is 7.01. The lowest BCUT2D eigenvalue weighted by atomic mass is 9.53. The van der Waals surface area contributed by atoms with E-state index >= 15 is 0 Å². The first-order chi connectivity index (χ1) is 12.0. The maximum atomic E-state index is 12.4. The zero-order valence-corrected chi connectivity index (χ0v) is 16.4. The molecular weight excluding hydrogens is 352 g/mol. The molecule has 4 saturated carbocycles. The van der Waals surface area contributed by atoms with Crippen molar-refractivity contribution >= 4 is 24.3 Å². The summed E-state index contributed by atoms with van der Waals surface area (Å²) in [5.74, 6) is 3.03. The molecule has 3 amide bonds. The Labute approximate surface area is 162 Å². The largest absolute Gasteiger partial charge is 0.342 e. The molecule has 0 spiro atoms. The van der Waals surface area contributed by atoms with Crippen LogP contribution in [0.2, 0.25) is 0 Å². The highest BCUT2D eigenvalue weighted by atomic mass is 35.5. The van der Waals surface area contributed by atoms with Crippen LogP contribution in [0.25, 0.3) is 0 Å². The van der Waals surface area contributed by atoms with Gasteiger partial charge in [-0.15, -0.1) is 12.4 Å². The highest BCUT2D eigenvalue weighted by Crippen LogP contribution is 2.55. The molecule has 4 N–H and O–H groups in total. The fourth-order valence-corrected chi connectivity index (χ4v) is 6.24. The van der Waals surface area contributed by atoms with Crippen molar-refractivity contribution in [3.8, 4) is 0 Å². The first-order valence-corrected chi connectivity index (χ1v) is 10.1. The van der Waals surface area contributed by atoms with Crippen LogP contribution in [0, 0.1) is 23.7 Å². The number of likely N-dealkylation sites (tertiary alicyclic amines) is 1. The number of hydrogen-bond donors (Lipinski definition) is 3. The molecule has 148 valence electrons. The van der Waals surface area contributed by atoms with Crippen molar-refractivity contribution in [2.75, 3.05) is 26.2 Å². The van der Waals surface area contributed by atoms with Gasteiger partial charge in [0, 0.05) is 31.6 Å². The SMILES string of the molecule is Cl.NCC1CCN(C(=O)CCNC(=O)NC23CC4CC(CC(C4)C2)C3)C1. The minimum absolute atomic E-state index is 0. The lowest BCUT2D eigenvalue weighted by Crippen LogP contribution is -2.61. The minimum Gasteiger partial charge on any atom is -0.342 e. The molecule has 5 aliphatic rings. The van der Waals surface area contributed by atoms with Crippen molar-refractivity contribution in [1.29, 1.82) is 0 Å². The normalized spacial score (nSPS) is 37.3. The monoisotopic (exact) mass is 384 g/mol. The molecule has 1 aliphatic heterocycles. The van der Waals surface area contributed by atoms with Crippen LogP contribution in [-0.4, -0.2) is 48.6 Å². The van der Waals surface area contributed by atoms with Crippen LogP contribution in [0.5, 0.6) is 0 Å². The van der Waals surface area contributed by atoms with Crippen LogP contribution >= 0.6 is 12.4 Å². The predicted molar refractivity (Wildman–Crippen MR) is 103 cm³/mol. The second-order valence-corrected chi connectivity index (χ2v) is 9.06. The maximum absolute atomic E-state index is 12.4. The number of carbonyl (C=O) groups excluding carboxylic acids is 2. The summed E-state index contributed by atoms with van der Waals surface area (Å²) in [6, 6.07) is -0.0870.